The van der Waals surface area contributed by atoms with Gasteiger partial charge in [-0.05, 0) is 31.2 Å². The molecule has 0 spiro atoms. The fourth-order valence-electron chi connectivity index (χ4n) is 2.06. The first-order valence-electron chi connectivity index (χ1n) is 5.96. The Morgan fingerprint density at radius 2 is 2.00 bits per heavy atom. The summed E-state index contributed by atoms with van der Waals surface area (Å²) in [6.07, 6.45) is 0. The molecule has 1 heterocycles. The number of benzene rings is 2. The minimum absolute atomic E-state index is 0.190. The molecule has 0 aliphatic carbocycles. The van der Waals surface area contributed by atoms with Crippen LogP contribution in [0, 0.1) is 6.92 Å². The molecule has 0 saturated carbocycles. The van der Waals surface area contributed by atoms with E-state index in [2.05, 4.69) is 16.9 Å². The molecule has 0 fully saturated rings. The van der Waals surface area contributed by atoms with Crippen molar-refractivity contribution in [3.63, 3.8) is 0 Å². The van der Waals surface area contributed by atoms with Gasteiger partial charge in [-0.3, -0.25) is 0 Å². The summed E-state index contributed by atoms with van der Waals surface area (Å²) in [7, 11) is 0. The summed E-state index contributed by atoms with van der Waals surface area (Å²) in [6.45, 7) is 5.99. The number of para-hydroxylation sites is 1. The number of nitrogens with zero attached hydrogens (tertiary/aromatic N) is 3. The van der Waals surface area contributed by atoms with Crippen molar-refractivity contribution in [3.8, 4) is 5.75 Å². The number of hydrogen-bond acceptors (Lipinski definition) is 3. The molecule has 0 aliphatic rings. The van der Waals surface area contributed by atoms with Gasteiger partial charge in [0.2, 0.25) is 0 Å². The highest BCUT2D eigenvalue weighted by molar-refractivity contribution is 5.81. The van der Waals surface area contributed by atoms with Gasteiger partial charge in [0.05, 0.1) is 11.2 Å². The lowest BCUT2D eigenvalue weighted by Gasteiger charge is -2.09. The van der Waals surface area contributed by atoms with Gasteiger partial charge >= 0.3 is 0 Å². The standard InChI is InChI=1S/C15H13N3O/c1-10-7-8-15(19)12(9-10)11(2)18-14-6-4-3-5-13(14)16-17-18/h3-9,19H,2H2,1H3. The number of fused-ring (bicyclic) bond motifs is 1. The molecule has 0 atom stereocenters. The monoisotopic (exact) mass is 251 g/mol. The minimum atomic E-state index is 0.190. The van der Waals surface area contributed by atoms with Gasteiger partial charge in [0, 0.05) is 5.56 Å². The maximum atomic E-state index is 9.95. The quantitative estimate of drug-likeness (QED) is 0.761. The average molecular weight is 251 g/mol. The van der Waals surface area contributed by atoms with Gasteiger partial charge in [0.15, 0.2) is 0 Å². The molecule has 4 heteroatoms. The van der Waals surface area contributed by atoms with Gasteiger partial charge in [-0.25, -0.2) is 4.68 Å². The van der Waals surface area contributed by atoms with Crippen LogP contribution in [0.1, 0.15) is 11.1 Å². The van der Waals surface area contributed by atoms with Gasteiger partial charge in [-0.1, -0.05) is 35.6 Å². The normalized spacial score (nSPS) is 10.8. The lowest BCUT2D eigenvalue weighted by molar-refractivity contribution is 0.473. The minimum Gasteiger partial charge on any atom is -0.507 e. The maximum absolute atomic E-state index is 9.95. The summed E-state index contributed by atoms with van der Waals surface area (Å²) >= 11 is 0. The van der Waals surface area contributed by atoms with E-state index in [9.17, 15) is 5.11 Å². The van der Waals surface area contributed by atoms with E-state index in [-0.39, 0.29) is 5.75 Å². The summed E-state index contributed by atoms with van der Waals surface area (Å²) < 4.78 is 1.64. The van der Waals surface area contributed by atoms with Crippen LogP contribution in [-0.2, 0) is 0 Å². The van der Waals surface area contributed by atoms with Gasteiger partial charge in [0.1, 0.15) is 11.3 Å². The molecule has 2 aromatic carbocycles. The first-order valence-corrected chi connectivity index (χ1v) is 5.96. The van der Waals surface area contributed by atoms with Crippen LogP contribution in [0.4, 0.5) is 0 Å². The lowest BCUT2D eigenvalue weighted by Crippen LogP contribution is -2.00. The van der Waals surface area contributed by atoms with Crippen molar-refractivity contribution in [3.05, 3.63) is 60.2 Å². The molecule has 0 radical (unpaired) electrons. The van der Waals surface area contributed by atoms with Crippen LogP contribution >= 0.6 is 0 Å². The number of aromatic nitrogens is 3. The van der Waals surface area contributed by atoms with Crippen LogP contribution in [0.15, 0.2) is 49.0 Å². The first kappa shape index (κ1) is 11.5. The molecule has 1 N–H and O–H groups in total. The Kier molecular flexibility index (Phi) is 2.56. The Hall–Kier alpha value is -2.62. The summed E-state index contributed by atoms with van der Waals surface area (Å²) in [5.74, 6) is 0.190. The molecular formula is C15H13N3O. The van der Waals surface area contributed by atoms with Crippen LogP contribution in [-0.4, -0.2) is 20.1 Å². The predicted molar refractivity (Wildman–Crippen MR) is 74.8 cm³/mol. The number of aryl methyl sites for hydroxylation is 1. The maximum Gasteiger partial charge on any atom is 0.124 e. The molecule has 0 bridgehead atoms. The third-order valence-corrected chi connectivity index (χ3v) is 3.07. The van der Waals surface area contributed by atoms with Crippen LogP contribution in [0.3, 0.4) is 0 Å². The van der Waals surface area contributed by atoms with E-state index < -0.39 is 0 Å². The van der Waals surface area contributed by atoms with Crippen molar-refractivity contribution in [2.45, 2.75) is 6.92 Å². The van der Waals surface area contributed by atoms with E-state index in [4.69, 9.17) is 0 Å². The van der Waals surface area contributed by atoms with E-state index >= 15 is 0 Å². The van der Waals surface area contributed by atoms with Crippen molar-refractivity contribution < 1.29 is 5.11 Å². The zero-order chi connectivity index (χ0) is 13.4. The van der Waals surface area contributed by atoms with Gasteiger partial charge in [0.25, 0.3) is 0 Å². The molecule has 3 aromatic rings. The Morgan fingerprint density at radius 3 is 2.84 bits per heavy atom. The zero-order valence-electron chi connectivity index (χ0n) is 10.5. The molecule has 4 nitrogen and oxygen atoms in total. The Labute approximate surface area is 110 Å². The molecule has 1 aromatic heterocycles. The SMILES string of the molecule is C=C(c1cc(C)ccc1O)n1nnc2ccccc21. The molecule has 0 saturated heterocycles. The van der Waals surface area contributed by atoms with Crippen molar-refractivity contribution in [2.24, 2.45) is 0 Å². The van der Waals surface area contributed by atoms with Crippen molar-refractivity contribution in [1.29, 1.82) is 0 Å². The highest BCUT2D eigenvalue weighted by atomic mass is 16.3. The fourth-order valence-corrected chi connectivity index (χ4v) is 2.06. The average Bonchev–Trinajstić information content (AvgIpc) is 2.84. The molecule has 0 amide bonds. The second kappa shape index (κ2) is 4.24. The van der Waals surface area contributed by atoms with Crippen molar-refractivity contribution in [1.82, 2.24) is 15.0 Å². The second-order valence-corrected chi connectivity index (χ2v) is 4.46. The third-order valence-electron chi connectivity index (χ3n) is 3.07. The molecular weight excluding hydrogens is 238 g/mol. The van der Waals surface area contributed by atoms with Crippen LogP contribution in [0.5, 0.6) is 5.75 Å². The van der Waals surface area contributed by atoms with Crippen LogP contribution in [0.2, 0.25) is 0 Å². The molecule has 0 unspecified atom stereocenters. The third kappa shape index (κ3) is 1.87. The fraction of sp³-hybridized carbons (Fsp3) is 0.0667. The van der Waals surface area contributed by atoms with Gasteiger partial charge in [-0.2, -0.15) is 0 Å². The molecule has 94 valence electrons. The highest BCUT2D eigenvalue weighted by Crippen LogP contribution is 2.27. The zero-order valence-corrected chi connectivity index (χ0v) is 10.5. The smallest absolute Gasteiger partial charge is 0.124 e. The summed E-state index contributed by atoms with van der Waals surface area (Å²) in [4.78, 5) is 0. The molecule has 0 aliphatic heterocycles. The summed E-state index contributed by atoms with van der Waals surface area (Å²) in [5.41, 5.74) is 3.99. The van der Waals surface area contributed by atoms with Crippen LogP contribution in [0.25, 0.3) is 16.7 Å². The topological polar surface area (TPSA) is 50.9 Å². The van der Waals surface area contributed by atoms with Gasteiger partial charge in [-0.15, -0.1) is 5.10 Å². The van der Waals surface area contributed by atoms with E-state index in [1.54, 1.807) is 10.7 Å². The van der Waals surface area contributed by atoms with E-state index in [1.165, 1.54) is 0 Å². The highest BCUT2D eigenvalue weighted by Gasteiger charge is 2.11. The Morgan fingerprint density at radius 1 is 1.21 bits per heavy atom. The van der Waals surface area contributed by atoms with E-state index in [0.717, 1.165) is 16.6 Å². The first-order chi connectivity index (χ1) is 9.16. The van der Waals surface area contributed by atoms with Crippen LogP contribution < -0.4 is 0 Å². The number of hydrogen-bond donors (Lipinski definition) is 1. The number of rotatable bonds is 2. The molecule has 3 rings (SSSR count). The lowest BCUT2D eigenvalue weighted by atomic mass is 10.1. The largest absolute Gasteiger partial charge is 0.507 e. The number of phenolic OH excluding ortho intramolecular Hbond substituents is 1. The second-order valence-electron chi connectivity index (χ2n) is 4.46. The number of phenols is 1. The summed E-state index contributed by atoms with van der Waals surface area (Å²) in [6, 6.07) is 13.0. The predicted octanol–water partition coefficient (Wildman–Crippen LogP) is 2.96. The van der Waals surface area contributed by atoms with E-state index in [1.807, 2.05) is 43.3 Å². The Balaban J connectivity index is 2.16. The van der Waals surface area contributed by atoms with Crippen molar-refractivity contribution in [2.75, 3.05) is 0 Å². The van der Waals surface area contributed by atoms with E-state index in [0.29, 0.717) is 11.3 Å². The number of aromatic hydroxyl groups is 1. The molecule has 19 heavy (non-hydrogen) atoms. The van der Waals surface area contributed by atoms with Crippen molar-refractivity contribution >= 4 is 16.7 Å². The van der Waals surface area contributed by atoms with Gasteiger partial charge < -0.3 is 5.11 Å². The summed E-state index contributed by atoms with van der Waals surface area (Å²) in [5, 5.41) is 18.1. The Bertz CT molecular complexity index is 774.